The molecule has 7 nitrogen and oxygen atoms in total. The van der Waals surface area contributed by atoms with Crippen molar-refractivity contribution in [3.63, 3.8) is 0 Å². The normalized spacial score (nSPS) is 10.7. The van der Waals surface area contributed by atoms with Crippen LogP contribution < -0.4 is 14.2 Å². The van der Waals surface area contributed by atoms with Crippen LogP contribution in [-0.2, 0) is 7.05 Å². The number of hydrogen-bond donors (Lipinski definition) is 0. The average molecular weight is 417 g/mol. The number of rotatable bonds is 8. The monoisotopic (exact) mass is 417 g/mol. The molecule has 1 aromatic heterocycles. The third kappa shape index (κ3) is 4.34. The minimum Gasteiger partial charge on any atom is -0.493 e. The molecule has 9 heteroatoms. The van der Waals surface area contributed by atoms with Crippen molar-refractivity contribution in [2.75, 3.05) is 27.1 Å². The van der Waals surface area contributed by atoms with Crippen molar-refractivity contribution in [2.45, 2.75) is 5.16 Å². The Balaban J connectivity index is 1.77. The Morgan fingerprint density at radius 3 is 2.21 bits per heavy atom. The fourth-order valence-electron chi connectivity index (χ4n) is 2.75. The van der Waals surface area contributed by atoms with E-state index in [0.29, 0.717) is 33.8 Å². The smallest absolute Gasteiger partial charge is 0.203 e. The lowest BCUT2D eigenvalue weighted by molar-refractivity contribution is 0.102. The largest absolute Gasteiger partial charge is 0.493 e. The Morgan fingerprint density at radius 2 is 1.66 bits per heavy atom. The summed E-state index contributed by atoms with van der Waals surface area (Å²) in [6.45, 7) is 0. The molecule has 0 aliphatic rings. The Labute approximate surface area is 171 Å². The molecule has 0 bridgehead atoms. The second kappa shape index (κ2) is 8.95. The van der Waals surface area contributed by atoms with Crippen molar-refractivity contribution in [3.05, 3.63) is 47.8 Å². The Morgan fingerprint density at radius 1 is 1.03 bits per heavy atom. The van der Waals surface area contributed by atoms with Crippen LogP contribution >= 0.6 is 11.8 Å². The Hall–Kier alpha value is -3.07. The number of ether oxygens (including phenoxy) is 3. The number of halogens is 1. The van der Waals surface area contributed by atoms with Gasteiger partial charge in [-0.05, 0) is 36.4 Å². The van der Waals surface area contributed by atoms with Crippen LogP contribution in [0.15, 0.2) is 41.6 Å². The molecule has 0 aliphatic heterocycles. The lowest BCUT2D eigenvalue weighted by Gasteiger charge is -2.13. The van der Waals surface area contributed by atoms with Gasteiger partial charge in [-0.15, -0.1) is 10.2 Å². The summed E-state index contributed by atoms with van der Waals surface area (Å²) in [5.41, 5.74) is 1.18. The number of hydrogen-bond acceptors (Lipinski definition) is 7. The van der Waals surface area contributed by atoms with Gasteiger partial charge in [-0.1, -0.05) is 11.8 Å². The minimum absolute atomic E-state index is 0.124. The van der Waals surface area contributed by atoms with Gasteiger partial charge in [0.25, 0.3) is 0 Å². The van der Waals surface area contributed by atoms with E-state index in [0.717, 1.165) is 5.56 Å². The summed E-state index contributed by atoms with van der Waals surface area (Å²) in [6.07, 6.45) is 0. The molecule has 0 saturated heterocycles. The minimum atomic E-state index is -0.318. The summed E-state index contributed by atoms with van der Waals surface area (Å²) >= 11 is 1.26. The maximum atomic E-state index is 13.1. The lowest BCUT2D eigenvalue weighted by Crippen LogP contribution is -2.06. The van der Waals surface area contributed by atoms with E-state index in [2.05, 4.69) is 10.2 Å². The predicted molar refractivity (Wildman–Crippen MR) is 108 cm³/mol. The highest BCUT2D eigenvalue weighted by molar-refractivity contribution is 7.99. The van der Waals surface area contributed by atoms with Crippen LogP contribution in [0.2, 0.25) is 0 Å². The number of Topliss-reactive ketones (excluding diaryl/α,β-unsaturated/α-hetero) is 1. The van der Waals surface area contributed by atoms with Crippen molar-refractivity contribution >= 4 is 17.5 Å². The molecule has 29 heavy (non-hydrogen) atoms. The maximum Gasteiger partial charge on any atom is 0.203 e. The summed E-state index contributed by atoms with van der Waals surface area (Å²) in [6, 6.07) is 9.23. The summed E-state index contributed by atoms with van der Waals surface area (Å²) in [5.74, 6) is 1.55. The van der Waals surface area contributed by atoms with Gasteiger partial charge in [0.05, 0.1) is 27.1 Å². The second-order valence-corrected chi connectivity index (χ2v) is 6.94. The standard InChI is InChI=1S/C20H20FN3O4S/c1-24-19(12-5-7-14(21)8-6-12)22-23-20(24)29-11-15(25)13-9-16(26-2)18(28-4)17(10-13)27-3/h5-10H,11H2,1-4H3. The van der Waals surface area contributed by atoms with Gasteiger partial charge in [-0.25, -0.2) is 4.39 Å². The fraction of sp³-hybridized carbons (Fsp3) is 0.250. The molecule has 3 rings (SSSR count). The molecule has 152 valence electrons. The first-order valence-corrected chi connectivity index (χ1v) is 9.58. The molecular formula is C20H20FN3O4S. The van der Waals surface area contributed by atoms with E-state index in [4.69, 9.17) is 14.2 Å². The highest BCUT2D eigenvalue weighted by atomic mass is 32.2. The van der Waals surface area contributed by atoms with Crippen LogP contribution in [0, 0.1) is 5.82 Å². The number of thioether (sulfide) groups is 1. The van der Waals surface area contributed by atoms with E-state index in [1.807, 2.05) is 0 Å². The maximum absolute atomic E-state index is 13.1. The van der Waals surface area contributed by atoms with Gasteiger partial charge >= 0.3 is 0 Å². The van der Waals surface area contributed by atoms with Crippen LogP contribution in [0.25, 0.3) is 11.4 Å². The summed E-state index contributed by atoms with van der Waals surface area (Å²) in [5, 5.41) is 8.86. The Kier molecular flexibility index (Phi) is 6.38. The molecule has 1 heterocycles. The molecule has 0 fully saturated rings. The highest BCUT2D eigenvalue weighted by Gasteiger charge is 2.18. The van der Waals surface area contributed by atoms with Crippen molar-refractivity contribution in [2.24, 2.45) is 7.05 Å². The number of carbonyl (C=O) groups is 1. The first kappa shape index (κ1) is 20.7. The molecular weight excluding hydrogens is 397 g/mol. The van der Waals surface area contributed by atoms with Crippen molar-refractivity contribution in [1.29, 1.82) is 0 Å². The molecule has 0 atom stereocenters. The lowest BCUT2D eigenvalue weighted by atomic mass is 10.1. The summed E-state index contributed by atoms with van der Waals surface area (Å²) in [7, 11) is 6.29. The van der Waals surface area contributed by atoms with Gasteiger partial charge in [0.2, 0.25) is 5.75 Å². The van der Waals surface area contributed by atoms with Crippen LogP contribution in [0.1, 0.15) is 10.4 Å². The van der Waals surface area contributed by atoms with Gasteiger partial charge in [-0.3, -0.25) is 4.79 Å². The second-order valence-electron chi connectivity index (χ2n) is 6.00. The Bertz CT molecular complexity index is 996. The molecule has 0 radical (unpaired) electrons. The van der Waals surface area contributed by atoms with E-state index in [-0.39, 0.29) is 17.4 Å². The third-order valence-electron chi connectivity index (χ3n) is 4.26. The zero-order chi connectivity index (χ0) is 21.0. The predicted octanol–water partition coefficient (Wildman–Crippen LogP) is 3.62. The fourth-order valence-corrected chi connectivity index (χ4v) is 3.55. The van der Waals surface area contributed by atoms with E-state index in [1.54, 1.807) is 35.9 Å². The van der Waals surface area contributed by atoms with Gasteiger partial charge in [0.1, 0.15) is 5.82 Å². The molecule has 0 amide bonds. The van der Waals surface area contributed by atoms with Crippen LogP contribution in [0.3, 0.4) is 0 Å². The van der Waals surface area contributed by atoms with Crippen LogP contribution in [-0.4, -0.2) is 47.6 Å². The SMILES string of the molecule is COc1cc(C(=O)CSc2nnc(-c3ccc(F)cc3)n2C)cc(OC)c1OC. The number of carbonyl (C=O) groups excluding carboxylic acids is 1. The molecule has 0 aliphatic carbocycles. The summed E-state index contributed by atoms with van der Waals surface area (Å²) < 4.78 is 30.8. The zero-order valence-corrected chi connectivity index (χ0v) is 17.2. The van der Waals surface area contributed by atoms with Crippen molar-refractivity contribution < 1.29 is 23.4 Å². The third-order valence-corrected chi connectivity index (χ3v) is 5.28. The molecule has 3 aromatic rings. The van der Waals surface area contributed by atoms with E-state index in [1.165, 1.54) is 45.2 Å². The topological polar surface area (TPSA) is 75.5 Å². The van der Waals surface area contributed by atoms with E-state index < -0.39 is 0 Å². The molecule has 2 aromatic carbocycles. The number of nitrogens with zero attached hydrogens (tertiary/aromatic N) is 3. The quantitative estimate of drug-likeness (QED) is 0.409. The van der Waals surface area contributed by atoms with Gasteiger partial charge < -0.3 is 18.8 Å². The number of aromatic nitrogens is 3. The molecule has 0 saturated carbocycles. The first-order valence-electron chi connectivity index (χ1n) is 8.59. The zero-order valence-electron chi connectivity index (χ0n) is 16.4. The molecule has 0 N–H and O–H groups in total. The number of ketones is 1. The van der Waals surface area contributed by atoms with Gasteiger partial charge in [-0.2, -0.15) is 0 Å². The molecule has 0 spiro atoms. The average Bonchev–Trinajstić information content (AvgIpc) is 3.11. The number of benzene rings is 2. The highest BCUT2D eigenvalue weighted by Crippen LogP contribution is 2.38. The first-order chi connectivity index (χ1) is 14.0. The van der Waals surface area contributed by atoms with E-state index in [9.17, 15) is 9.18 Å². The number of methoxy groups -OCH3 is 3. The van der Waals surface area contributed by atoms with Gasteiger partial charge in [0, 0.05) is 18.2 Å². The van der Waals surface area contributed by atoms with Crippen LogP contribution in [0.5, 0.6) is 17.2 Å². The van der Waals surface area contributed by atoms with Gasteiger partial charge in [0.15, 0.2) is 28.3 Å². The molecule has 0 unspecified atom stereocenters. The summed E-state index contributed by atoms with van der Waals surface area (Å²) in [4.78, 5) is 12.7. The van der Waals surface area contributed by atoms with Crippen molar-refractivity contribution in [3.8, 4) is 28.6 Å². The van der Waals surface area contributed by atoms with Crippen molar-refractivity contribution in [1.82, 2.24) is 14.8 Å². The van der Waals surface area contributed by atoms with E-state index >= 15 is 0 Å². The van der Waals surface area contributed by atoms with Crippen LogP contribution in [0.4, 0.5) is 4.39 Å².